The summed E-state index contributed by atoms with van der Waals surface area (Å²) in [7, 11) is 0. The highest BCUT2D eigenvalue weighted by atomic mass is 19.1. The van der Waals surface area contributed by atoms with Crippen molar-refractivity contribution in [2.75, 3.05) is 11.4 Å². The fourth-order valence-corrected chi connectivity index (χ4v) is 4.38. The van der Waals surface area contributed by atoms with Gasteiger partial charge < -0.3 is 10.2 Å². The molecule has 1 N–H and O–H groups in total. The molecule has 0 unspecified atom stereocenters. The molecule has 28 heavy (non-hydrogen) atoms. The molecular weight excluding hydrogens is 355 g/mol. The molecule has 3 aromatic heterocycles. The first-order valence-corrected chi connectivity index (χ1v) is 9.81. The maximum Gasteiger partial charge on any atom is 0.166 e. The minimum atomic E-state index is -0.282. The van der Waals surface area contributed by atoms with E-state index in [1.807, 2.05) is 12.3 Å². The number of hydrogen-bond acceptors (Lipinski definition) is 5. The summed E-state index contributed by atoms with van der Waals surface area (Å²) in [5, 5.41) is 7.88. The number of nitrogens with one attached hydrogen (secondary N) is 1. The number of nitrogens with zero attached hydrogens (tertiary/aromatic N) is 5. The lowest BCUT2D eigenvalue weighted by Crippen LogP contribution is -2.26. The molecule has 144 valence electrons. The molecule has 5 rings (SSSR count). The molecule has 1 fully saturated rings. The fourth-order valence-electron chi connectivity index (χ4n) is 4.38. The third kappa shape index (κ3) is 2.82. The molecule has 0 radical (unpaired) electrons. The number of halogens is 1. The van der Waals surface area contributed by atoms with Gasteiger partial charge in [-0.1, -0.05) is 6.58 Å². The van der Waals surface area contributed by atoms with Crippen LogP contribution < -0.4 is 10.2 Å². The minimum absolute atomic E-state index is 0.0896. The van der Waals surface area contributed by atoms with Crippen molar-refractivity contribution in [3.63, 3.8) is 0 Å². The summed E-state index contributed by atoms with van der Waals surface area (Å²) < 4.78 is 15.9. The number of aryl methyl sites for hydroxylation is 1. The lowest BCUT2D eigenvalue weighted by Gasteiger charge is -2.27. The molecule has 7 heteroatoms. The number of pyridine rings is 1. The molecular formula is C21H23FN6. The first kappa shape index (κ1) is 17.2. The van der Waals surface area contributed by atoms with E-state index in [1.165, 1.54) is 6.20 Å². The third-order valence-electron chi connectivity index (χ3n) is 5.79. The molecule has 0 spiro atoms. The van der Waals surface area contributed by atoms with Crippen molar-refractivity contribution in [2.45, 2.75) is 44.7 Å². The summed E-state index contributed by atoms with van der Waals surface area (Å²) in [6.07, 6.45) is 8.75. The second-order valence-corrected chi connectivity index (χ2v) is 7.72. The Kier molecular flexibility index (Phi) is 4.03. The molecule has 1 saturated heterocycles. The predicted octanol–water partition coefficient (Wildman–Crippen LogP) is 3.50. The van der Waals surface area contributed by atoms with Crippen molar-refractivity contribution >= 4 is 17.2 Å². The van der Waals surface area contributed by atoms with Crippen molar-refractivity contribution in [1.29, 1.82) is 0 Å². The Balaban J connectivity index is 1.69. The van der Waals surface area contributed by atoms with Crippen LogP contribution in [0.15, 0.2) is 37.3 Å². The molecule has 5 heterocycles. The van der Waals surface area contributed by atoms with E-state index < -0.39 is 0 Å². The van der Waals surface area contributed by atoms with Gasteiger partial charge in [0, 0.05) is 30.2 Å². The quantitative estimate of drug-likeness (QED) is 0.649. The summed E-state index contributed by atoms with van der Waals surface area (Å²) in [6, 6.07) is 3.93. The monoisotopic (exact) mass is 378 g/mol. The third-order valence-corrected chi connectivity index (χ3v) is 5.79. The van der Waals surface area contributed by atoms with Gasteiger partial charge in [-0.15, -0.1) is 0 Å². The van der Waals surface area contributed by atoms with Gasteiger partial charge >= 0.3 is 0 Å². The number of hydrogen-bond donors (Lipinski definition) is 1. The molecule has 3 aromatic rings. The van der Waals surface area contributed by atoms with Crippen LogP contribution >= 0.6 is 0 Å². The molecule has 0 saturated carbocycles. The Morgan fingerprint density at radius 2 is 2.18 bits per heavy atom. The van der Waals surface area contributed by atoms with Crippen molar-refractivity contribution in [2.24, 2.45) is 0 Å². The van der Waals surface area contributed by atoms with Gasteiger partial charge in [-0.3, -0.25) is 4.98 Å². The Morgan fingerprint density at radius 1 is 1.29 bits per heavy atom. The summed E-state index contributed by atoms with van der Waals surface area (Å²) >= 11 is 0. The maximum atomic E-state index is 14.1. The summed E-state index contributed by atoms with van der Waals surface area (Å²) in [5.41, 5.74) is 4.46. The molecule has 6 nitrogen and oxygen atoms in total. The van der Waals surface area contributed by atoms with E-state index in [2.05, 4.69) is 33.8 Å². The van der Waals surface area contributed by atoms with Gasteiger partial charge in [0.25, 0.3) is 0 Å². The normalized spacial score (nSPS) is 22.2. The van der Waals surface area contributed by atoms with Crippen LogP contribution in [0.25, 0.3) is 11.3 Å². The van der Waals surface area contributed by atoms with Gasteiger partial charge in [0.05, 0.1) is 24.0 Å². The SMILES string of the molecule is C=C1N[C@H](C)CCc2ncc(F)cc2[C@@H]2CCCN2c2ccn3ncc1c3n2. The Bertz CT molecular complexity index is 1060. The largest absolute Gasteiger partial charge is 0.382 e. The number of fused-ring (bicyclic) bond motifs is 5. The van der Waals surface area contributed by atoms with Gasteiger partial charge in [0.2, 0.25) is 0 Å². The van der Waals surface area contributed by atoms with Crippen molar-refractivity contribution < 1.29 is 4.39 Å². The van der Waals surface area contributed by atoms with Crippen LogP contribution in [0, 0.1) is 5.82 Å². The zero-order valence-corrected chi connectivity index (χ0v) is 15.9. The molecule has 2 aliphatic heterocycles. The van der Waals surface area contributed by atoms with E-state index in [9.17, 15) is 4.39 Å². The summed E-state index contributed by atoms with van der Waals surface area (Å²) in [6.45, 7) is 7.22. The van der Waals surface area contributed by atoms with E-state index >= 15 is 0 Å². The van der Waals surface area contributed by atoms with Crippen LogP contribution in [0.3, 0.4) is 0 Å². The number of rotatable bonds is 0. The lowest BCUT2D eigenvalue weighted by atomic mass is 9.98. The minimum Gasteiger partial charge on any atom is -0.382 e. The van der Waals surface area contributed by atoms with Gasteiger partial charge in [0.1, 0.15) is 11.6 Å². The fraction of sp³-hybridized carbons (Fsp3) is 0.381. The van der Waals surface area contributed by atoms with Gasteiger partial charge in [-0.2, -0.15) is 5.10 Å². The standard InChI is InChI=1S/C21H23FN6/c1-13-5-6-18-16(10-15(22)11-23-18)19-4-3-8-27(19)20-7-9-28-21(26-20)17(12-24-28)14(2)25-13/h7,9-13,19,25H,2-6,8H2,1H3/t13-,19+/m1/s1. The van der Waals surface area contributed by atoms with E-state index in [0.717, 1.165) is 66.2 Å². The van der Waals surface area contributed by atoms with Crippen LogP contribution in [0.4, 0.5) is 10.2 Å². The Morgan fingerprint density at radius 3 is 3.07 bits per heavy atom. The van der Waals surface area contributed by atoms with Crippen LogP contribution in [0.2, 0.25) is 0 Å². The average Bonchev–Trinajstić information content (AvgIpc) is 3.32. The average molecular weight is 378 g/mol. The maximum absolute atomic E-state index is 14.1. The van der Waals surface area contributed by atoms with Crippen LogP contribution in [0.1, 0.15) is 49.0 Å². The Labute approximate surface area is 163 Å². The zero-order valence-electron chi connectivity index (χ0n) is 15.9. The lowest BCUT2D eigenvalue weighted by molar-refractivity contribution is 0.575. The predicted molar refractivity (Wildman–Crippen MR) is 106 cm³/mol. The second-order valence-electron chi connectivity index (χ2n) is 7.72. The smallest absolute Gasteiger partial charge is 0.166 e. The Hall–Kier alpha value is -2.96. The second kappa shape index (κ2) is 6.58. The zero-order chi connectivity index (χ0) is 19.3. The van der Waals surface area contributed by atoms with E-state index in [-0.39, 0.29) is 17.9 Å². The van der Waals surface area contributed by atoms with E-state index in [4.69, 9.17) is 4.98 Å². The molecule has 2 aliphatic rings. The molecule has 0 aliphatic carbocycles. The highest BCUT2D eigenvalue weighted by molar-refractivity contribution is 5.74. The first-order valence-electron chi connectivity index (χ1n) is 9.81. The summed E-state index contributed by atoms with van der Waals surface area (Å²) in [4.78, 5) is 11.6. The van der Waals surface area contributed by atoms with Gasteiger partial charge in [-0.05, 0) is 50.3 Å². The molecule has 2 bridgehead atoms. The van der Waals surface area contributed by atoms with Crippen molar-refractivity contribution in [1.82, 2.24) is 24.9 Å². The highest BCUT2D eigenvalue weighted by Gasteiger charge is 2.30. The highest BCUT2D eigenvalue weighted by Crippen LogP contribution is 2.37. The number of anilines is 1. The van der Waals surface area contributed by atoms with Crippen molar-refractivity contribution in [3.05, 3.63) is 59.9 Å². The van der Waals surface area contributed by atoms with E-state index in [1.54, 1.807) is 16.8 Å². The van der Waals surface area contributed by atoms with Gasteiger partial charge in [-0.25, -0.2) is 13.9 Å². The van der Waals surface area contributed by atoms with Crippen LogP contribution in [-0.4, -0.2) is 32.2 Å². The molecule has 0 amide bonds. The van der Waals surface area contributed by atoms with Crippen LogP contribution in [0.5, 0.6) is 0 Å². The van der Waals surface area contributed by atoms with Crippen LogP contribution in [-0.2, 0) is 6.42 Å². The van der Waals surface area contributed by atoms with E-state index in [0.29, 0.717) is 0 Å². The molecule has 0 aromatic carbocycles. The number of aromatic nitrogens is 4. The first-order chi connectivity index (χ1) is 13.6. The van der Waals surface area contributed by atoms with Crippen molar-refractivity contribution in [3.8, 4) is 0 Å². The van der Waals surface area contributed by atoms with Gasteiger partial charge in [0.15, 0.2) is 5.65 Å². The molecule has 2 atom stereocenters. The topological polar surface area (TPSA) is 58.4 Å². The summed E-state index contributed by atoms with van der Waals surface area (Å²) in [5.74, 6) is 0.600.